The maximum atomic E-state index is 5.60. The number of alkyl halides is 1. The molecule has 0 N–H and O–H groups in total. The Balaban J connectivity index is 2.54. The third-order valence-corrected chi connectivity index (χ3v) is 3.16. The molecular formula is C14H19BrO. The fraction of sp³-hybridized carbons (Fsp3) is 0.429. The Kier molecular flexibility index (Phi) is 6.24. The molecule has 0 aliphatic carbocycles. The normalized spacial score (nSPS) is 11.6. The highest BCUT2D eigenvalue weighted by molar-refractivity contribution is 9.09. The highest BCUT2D eigenvalue weighted by Crippen LogP contribution is 2.15. The minimum Gasteiger partial charge on any atom is -0.494 e. The van der Waals surface area contributed by atoms with Gasteiger partial charge in [0.25, 0.3) is 0 Å². The van der Waals surface area contributed by atoms with E-state index in [2.05, 4.69) is 48.0 Å². The lowest BCUT2D eigenvalue weighted by molar-refractivity contribution is 0.309. The van der Waals surface area contributed by atoms with Crippen molar-refractivity contribution < 1.29 is 4.74 Å². The molecule has 0 unspecified atom stereocenters. The summed E-state index contributed by atoms with van der Waals surface area (Å²) in [5, 5.41) is 0.918. The smallest absolute Gasteiger partial charge is 0.119 e. The Morgan fingerprint density at radius 3 is 2.56 bits per heavy atom. The fourth-order valence-corrected chi connectivity index (χ4v) is 1.48. The summed E-state index contributed by atoms with van der Waals surface area (Å²) in [5.74, 6) is 0.960. The fourth-order valence-electron chi connectivity index (χ4n) is 1.32. The van der Waals surface area contributed by atoms with Gasteiger partial charge < -0.3 is 4.74 Å². The van der Waals surface area contributed by atoms with Crippen molar-refractivity contribution in [2.75, 3.05) is 11.9 Å². The highest BCUT2D eigenvalue weighted by Gasteiger charge is 1.94. The predicted molar refractivity (Wildman–Crippen MR) is 74.3 cm³/mol. The molecule has 0 aliphatic rings. The van der Waals surface area contributed by atoms with Crippen LogP contribution in [0.15, 0.2) is 29.8 Å². The van der Waals surface area contributed by atoms with Crippen molar-refractivity contribution in [2.24, 2.45) is 0 Å². The maximum Gasteiger partial charge on any atom is 0.119 e. The van der Waals surface area contributed by atoms with Gasteiger partial charge in [0, 0.05) is 5.33 Å². The van der Waals surface area contributed by atoms with E-state index in [-0.39, 0.29) is 0 Å². The summed E-state index contributed by atoms with van der Waals surface area (Å²) in [6, 6.07) is 8.24. The van der Waals surface area contributed by atoms with Crippen LogP contribution in [0, 0.1) is 0 Å². The van der Waals surface area contributed by atoms with Gasteiger partial charge in [-0.05, 0) is 31.0 Å². The van der Waals surface area contributed by atoms with Crippen LogP contribution < -0.4 is 4.74 Å². The number of halogens is 1. The van der Waals surface area contributed by atoms with Crippen molar-refractivity contribution in [3.63, 3.8) is 0 Å². The van der Waals surface area contributed by atoms with Crippen LogP contribution in [0.4, 0.5) is 0 Å². The van der Waals surface area contributed by atoms with E-state index in [9.17, 15) is 0 Å². The first-order valence-corrected chi connectivity index (χ1v) is 6.84. The van der Waals surface area contributed by atoms with Crippen molar-refractivity contribution >= 4 is 22.0 Å². The van der Waals surface area contributed by atoms with E-state index in [4.69, 9.17) is 4.74 Å². The Labute approximate surface area is 107 Å². The molecule has 0 amide bonds. The molecule has 1 rings (SSSR count). The molecule has 0 atom stereocenters. The van der Waals surface area contributed by atoms with Gasteiger partial charge in [0.15, 0.2) is 0 Å². The molecule has 1 aromatic carbocycles. The van der Waals surface area contributed by atoms with Gasteiger partial charge in [0.2, 0.25) is 0 Å². The SMILES string of the molecule is CCCCOc1ccc(C=C(C)CBr)cc1. The third-order valence-electron chi connectivity index (χ3n) is 2.27. The third kappa shape index (κ3) is 4.84. The Bertz CT molecular complexity index is 327. The summed E-state index contributed by atoms with van der Waals surface area (Å²) in [6.07, 6.45) is 4.46. The van der Waals surface area contributed by atoms with Crippen LogP contribution in [0.5, 0.6) is 5.75 Å². The molecule has 88 valence electrons. The van der Waals surface area contributed by atoms with Crippen molar-refractivity contribution in [1.82, 2.24) is 0 Å². The zero-order chi connectivity index (χ0) is 11.8. The lowest BCUT2D eigenvalue weighted by Crippen LogP contribution is -1.95. The molecule has 0 heterocycles. The number of rotatable bonds is 6. The molecule has 0 bridgehead atoms. The number of unbranched alkanes of at least 4 members (excludes halogenated alkanes) is 1. The van der Waals surface area contributed by atoms with E-state index in [0.717, 1.165) is 24.1 Å². The van der Waals surface area contributed by atoms with E-state index in [1.165, 1.54) is 17.6 Å². The van der Waals surface area contributed by atoms with Gasteiger partial charge in [0.1, 0.15) is 5.75 Å². The van der Waals surface area contributed by atoms with Crippen LogP contribution in [0.2, 0.25) is 0 Å². The van der Waals surface area contributed by atoms with E-state index in [0.29, 0.717) is 0 Å². The van der Waals surface area contributed by atoms with Crippen molar-refractivity contribution in [1.29, 1.82) is 0 Å². The van der Waals surface area contributed by atoms with Crippen molar-refractivity contribution in [2.45, 2.75) is 26.7 Å². The highest BCUT2D eigenvalue weighted by atomic mass is 79.9. The molecule has 0 saturated heterocycles. The summed E-state index contributed by atoms with van der Waals surface area (Å²) in [6.45, 7) is 5.09. The molecule has 0 fully saturated rings. The molecule has 0 spiro atoms. The van der Waals surface area contributed by atoms with Crippen molar-refractivity contribution in [3.05, 3.63) is 35.4 Å². The van der Waals surface area contributed by atoms with Crippen LogP contribution >= 0.6 is 15.9 Å². The van der Waals surface area contributed by atoms with Crippen LogP contribution in [0.1, 0.15) is 32.3 Å². The van der Waals surface area contributed by atoms with Crippen LogP contribution in [-0.4, -0.2) is 11.9 Å². The maximum absolute atomic E-state index is 5.60. The van der Waals surface area contributed by atoms with E-state index < -0.39 is 0 Å². The number of allylic oxidation sites excluding steroid dienone is 1. The summed E-state index contributed by atoms with van der Waals surface area (Å²) >= 11 is 3.44. The molecule has 2 heteroatoms. The van der Waals surface area contributed by atoms with E-state index in [1.807, 2.05) is 12.1 Å². The Hall–Kier alpha value is -0.760. The minimum absolute atomic E-state index is 0.812. The zero-order valence-electron chi connectivity index (χ0n) is 10.0. The van der Waals surface area contributed by atoms with Gasteiger partial charge in [-0.25, -0.2) is 0 Å². The van der Waals surface area contributed by atoms with E-state index >= 15 is 0 Å². The number of hydrogen-bond donors (Lipinski definition) is 0. The Morgan fingerprint density at radius 2 is 2.00 bits per heavy atom. The predicted octanol–water partition coefficient (Wildman–Crippen LogP) is 4.66. The summed E-state index contributed by atoms with van der Waals surface area (Å²) < 4.78 is 5.60. The topological polar surface area (TPSA) is 9.23 Å². The first kappa shape index (κ1) is 13.3. The lowest BCUT2D eigenvalue weighted by atomic mass is 10.1. The summed E-state index contributed by atoms with van der Waals surface area (Å²) in [4.78, 5) is 0. The molecule has 1 aromatic rings. The molecule has 16 heavy (non-hydrogen) atoms. The van der Waals surface area contributed by atoms with E-state index in [1.54, 1.807) is 0 Å². The van der Waals surface area contributed by atoms with Crippen LogP contribution in [-0.2, 0) is 0 Å². The summed E-state index contributed by atoms with van der Waals surface area (Å²) in [7, 11) is 0. The standard InChI is InChI=1S/C14H19BrO/c1-3-4-9-16-14-7-5-13(6-8-14)10-12(2)11-15/h5-8,10H,3-4,9,11H2,1-2H3. The largest absolute Gasteiger partial charge is 0.494 e. The second kappa shape index (κ2) is 7.50. The quantitative estimate of drug-likeness (QED) is 0.545. The average molecular weight is 283 g/mol. The average Bonchev–Trinajstić information content (AvgIpc) is 2.31. The van der Waals surface area contributed by atoms with Crippen molar-refractivity contribution in [3.8, 4) is 5.75 Å². The minimum atomic E-state index is 0.812. The van der Waals surface area contributed by atoms with Gasteiger partial charge in [0.05, 0.1) is 6.61 Å². The molecular weight excluding hydrogens is 264 g/mol. The van der Waals surface area contributed by atoms with Crippen LogP contribution in [0.3, 0.4) is 0 Å². The Morgan fingerprint density at radius 1 is 1.31 bits per heavy atom. The van der Waals surface area contributed by atoms with Gasteiger partial charge in [-0.3, -0.25) is 0 Å². The van der Waals surface area contributed by atoms with Gasteiger partial charge in [-0.15, -0.1) is 0 Å². The monoisotopic (exact) mass is 282 g/mol. The molecule has 0 saturated carbocycles. The van der Waals surface area contributed by atoms with Crippen LogP contribution in [0.25, 0.3) is 6.08 Å². The van der Waals surface area contributed by atoms with Gasteiger partial charge >= 0.3 is 0 Å². The number of ether oxygens (including phenoxy) is 1. The zero-order valence-corrected chi connectivity index (χ0v) is 11.6. The lowest BCUT2D eigenvalue weighted by Gasteiger charge is -2.05. The second-order valence-corrected chi connectivity index (χ2v) is 4.46. The summed E-state index contributed by atoms with van der Waals surface area (Å²) in [5.41, 5.74) is 2.54. The first-order chi connectivity index (χ1) is 7.76. The first-order valence-electron chi connectivity index (χ1n) is 5.72. The molecule has 0 aliphatic heterocycles. The molecule has 0 radical (unpaired) electrons. The number of benzene rings is 1. The molecule has 1 nitrogen and oxygen atoms in total. The second-order valence-electron chi connectivity index (χ2n) is 3.90. The number of hydrogen-bond acceptors (Lipinski definition) is 1. The van der Waals surface area contributed by atoms with Gasteiger partial charge in [-0.1, -0.05) is 53.1 Å². The molecule has 0 aromatic heterocycles. The van der Waals surface area contributed by atoms with Gasteiger partial charge in [-0.2, -0.15) is 0 Å².